The van der Waals surface area contributed by atoms with E-state index in [0.717, 1.165) is 0 Å². The van der Waals surface area contributed by atoms with Crippen LogP contribution in [0.4, 0.5) is 0 Å². The number of ether oxygens (including phenoxy) is 1. The highest BCUT2D eigenvalue weighted by molar-refractivity contribution is 5.88. The van der Waals surface area contributed by atoms with Crippen LogP contribution in [-0.4, -0.2) is 36.2 Å². The Morgan fingerprint density at radius 2 is 1.86 bits per heavy atom. The summed E-state index contributed by atoms with van der Waals surface area (Å²) in [5.41, 5.74) is 6.17. The van der Waals surface area contributed by atoms with Gasteiger partial charge in [0.15, 0.2) is 0 Å². The van der Waals surface area contributed by atoms with Gasteiger partial charge in [-0.3, -0.25) is 4.79 Å². The molecule has 1 saturated carbocycles. The summed E-state index contributed by atoms with van der Waals surface area (Å²) in [4.78, 5) is 12.8. The number of amides is 1. The fourth-order valence-corrected chi connectivity index (χ4v) is 3.74. The number of hydrogen-bond acceptors (Lipinski definition) is 4. The second-order valence-corrected chi connectivity index (χ2v) is 8.68. The molecule has 5 nitrogen and oxygen atoms in total. The molecule has 4 N–H and O–H groups in total. The first-order chi connectivity index (χ1) is 12.0. The highest BCUT2D eigenvalue weighted by Gasteiger charge is 2.62. The fourth-order valence-electron chi connectivity index (χ4n) is 3.74. The van der Waals surface area contributed by atoms with Crippen molar-refractivity contribution in [3.63, 3.8) is 0 Å². The molecule has 1 aliphatic rings. The smallest absolute Gasteiger partial charge is 0.240 e. The van der Waals surface area contributed by atoms with Crippen LogP contribution >= 0.6 is 24.8 Å². The summed E-state index contributed by atoms with van der Waals surface area (Å²) in [5, 5.41) is 6.64. The average Bonchev–Trinajstić information content (AvgIpc) is 2.59. The zero-order valence-electron chi connectivity index (χ0n) is 17.9. The van der Waals surface area contributed by atoms with Gasteiger partial charge in [-0.25, -0.2) is 0 Å². The maximum atomic E-state index is 12.8. The predicted octanol–water partition coefficient (Wildman–Crippen LogP) is 3.61. The van der Waals surface area contributed by atoms with Crippen molar-refractivity contribution in [3.05, 3.63) is 35.9 Å². The van der Waals surface area contributed by atoms with Gasteiger partial charge in [-0.1, -0.05) is 44.2 Å². The molecular weight excluding hydrogens is 397 g/mol. The molecule has 1 aromatic rings. The minimum Gasteiger partial charge on any atom is -0.378 e. The lowest BCUT2D eigenvalue weighted by Crippen LogP contribution is -2.76. The van der Waals surface area contributed by atoms with Crippen LogP contribution in [0.1, 0.15) is 59.6 Å². The Labute approximate surface area is 182 Å². The van der Waals surface area contributed by atoms with Crippen LogP contribution < -0.4 is 16.4 Å². The van der Waals surface area contributed by atoms with Gasteiger partial charge in [0, 0.05) is 36.6 Å². The van der Waals surface area contributed by atoms with Crippen molar-refractivity contribution >= 4 is 30.7 Å². The Bertz CT molecular complexity index is 625. The Hall–Kier alpha value is -0.850. The molecule has 28 heavy (non-hydrogen) atoms. The van der Waals surface area contributed by atoms with E-state index in [2.05, 4.69) is 43.5 Å². The normalized spacial score (nSPS) is 24.2. The third-order valence-electron chi connectivity index (χ3n) is 5.83. The van der Waals surface area contributed by atoms with Gasteiger partial charge in [-0.05, 0) is 33.3 Å². The third-order valence-corrected chi connectivity index (χ3v) is 5.83. The lowest BCUT2D eigenvalue weighted by Gasteiger charge is -2.57. The van der Waals surface area contributed by atoms with Crippen molar-refractivity contribution in [2.24, 2.45) is 11.1 Å². The van der Waals surface area contributed by atoms with Gasteiger partial charge in [0.25, 0.3) is 0 Å². The van der Waals surface area contributed by atoms with Crippen molar-refractivity contribution < 1.29 is 9.53 Å². The zero-order chi connectivity index (χ0) is 19.6. The molecule has 2 rings (SSSR count). The number of nitrogens with two attached hydrogens (primary N) is 1. The summed E-state index contributed by atoms with van der Waals surface area (Å²) in [6, 6.07) is 10.5. The molecule has 1 aromatic carbocycles. The molecule has 0 aliphatic heterocycles. The van der Waals surface area contributed by atoms with Crippen LogP contribution in [0.5, 0.6) is 0 Å². The summed E-state index contributed by atoms with van der Waals surface area (Å²) in [7, 11) is 0. The van der Waals surface area contributed by atoms with E-state index in [1.54, 1.807) is 0 Å². The van der Waals surface area contributed by atoms with Crippen molar-refractivity contribution in [2.75, 3.05) is 13.2 Å². The summed E-state index contributed by atoms with van der Waals surface area (Å²) < 4.78 is 5.71. The van der Waals surface area contributed by atoms with Crippen LogP contribution in [0.2, 0.25) is 0 Å². The second kappa shape index (κ2) is 10.3. The van der Waals surface area contributed by atoms with Gasteiger partial charge in [-0.2, -0.15) is 0 Å². The molecule has 7 heteroatoms. The molecular formula is C21H37Cl2N3O2. The van der Waals surface area contributed by atoms with E-state index in [-0.39, 0.29) is 53.8 Å². The van der Waals surface area contributed by atoms with Crippen molar-refractivity contribution in [1.82, 2.24) is 10.6 Å². The van der Waals surface area contributed by atoms with E-state index in [1.165, 1.54) is 5.56 Å². The topological polar surface area (TPSA) is 76.4 Å². The molecule has 1 aliphatic carbocycles. The number of halogens is 2. The largest absolute Gasteiger partial charge is 0.378 e. The molecule has 162 valence electrons. The molecule has 1 fully saturated rings. The number of carbonyl (C=O) groups is 1. The summed E-state index contributed by atoms with van der Waals surface area (Å²) in [6.45, 7) is 13.4. The fraction of sp³-hybridized carbons (Fsp3) is 0.667. The molecule has 0 aromatic heterocycles. The van der Waals surface area contributed by atoms with Gasteiger partial charge < -0.3 is 21.1 Å². The van der Waals surface area contributed by atoms with Gasteiger partial charge in [-0.15, -0.1) is 24.8 Å². The molecule has 0 bridgehead atoms. The van der Waals surface area contributed by atoms with E-state index < -0.39 is 5.54 Å². The SMILES string of the molecule is CCOC1CC(N)(C(=O)NCC(C)(C)NC(C)c2ccccc2)C1(C)C.Cl.Cl. The summed E-state index contributed by atoms with van der Waals surface area (Å²) in [6.07, 6.45) is 0.598. The Balaban J connectivity index is 0.00000364. The van der Waals surface area contributed by atoms with Crippen LogP contribution in [0.25, 0.3) is 0 Å². The summed E-state index contributed by atoms with van der Waals surface area (Å²) in [5.74, 6) is -0.0966. The van der Waals surface area contributed by atoms with E-state index in [9.17, 15) is 4.79 Å². The highest BCUT2D eigenvalue weighted by Crippen LogP contribution is 2.49. The van der Waals surface area contributed by atoms with Crippen LogP contribution in [0.3, 0.4) is 0 Å². The first-order valence-corrected chi connectivity index (χ1v) is 9.55. The van der Waals surface area contributed by atoms with Gasteiger partial charge in [0.1, 0.15) is 5.54 Å². The number of nitrogens with one attached hydrogen (secondary N) is 2. The van der Waals surface area contributed by atoms with Crippen molar-refractivity contribution in [1.29, 1.82) is 0 Å². The zero-order valence-corrected chi connectivity index (χ0v) is 19.5. The Kier molecular flexibility index (Phi) is 9.95. The maximum Gasteiger partial charge on any atom is 0.240 e. The monoisotopic (exact) mass is 433 g/mol. The van der Waals surface area contributed by atoms with Gasteiger partial charge >= 0.3 is 0 Å². The van der Waals surface area contributed by atoms with E-state index in [1.807, 2.05) is 39.0 Å². The van der Waals surface area contributed by atoms with Gasteiger partial charge in [0.05, 0.1) is 6.10 Å². The molecule has 0 heterocycles. The first-order valence-electron chi connectivity index (χ1n) is 9.55. The number of hydrogen-bond donors (Lipinski definition) is 3. The molecule has 3 unspecified atom stereocenters. The third kappa shape index (κ3) is 5.61. The molecule has 3 atom stereocenters. The first kappa shape index (κ1) is 27.1. The molecule has 0 saturated heterocycles. The standard InChI is InChI=1S/C21H35N3O2.2ClH/c1-7-26-17-13-21(22,20(17,5)6)18(25)23-14-19(3,4)24-15(2)16-11-9-8-10-12-16;;/h8-12,15,17,24H,7,13-14,22H2,1-6H3,(H,23,25);2*1H. The van der Waals surface area contributed by atoms with Crippen LogP contribution in [-0.2, 0) is 9.53 Å². The molecule has 0 radical (unpaired) electrons. The van der Waals surface area contributed by atoms with E-state index >= 15 is 0 Å². The van der Waals surface area contributed by atoms with Gasteiger partial charge in [0.2, 0.25) is 5.91 Å². The average molecular weight is 434 g/mol. The van der Waals surface area contributed by atoms with Crippen LogP contribution in [0, 0.1) is 5.41 Å². The number of benzene rings is 1. The van der Waals surface area contributed by atoms with Crippen molar-refractivity contribution in [3.8, 4) is 0 Å². The van der Waals surface area contributed by atoms with E-state index in [0.29, 0.717) is 19.6 Å². The molecule has 1 amide bonds. The lowest BCUT2D eigenvalue weighted by molar-refractivity contribution is -0.170. The second-order valence-electron chi connectivity index (χ2n) is 8.68. The minimum absolute atomic E-state index is 0. The Morgan fingerprint density at radius 1 is 1.29 bits per heavy atom. The minimum atomic E-state index is -0.881. The van der Waals surface area contributed by atoms with Crippen LogP contribution in [0.15, 0.2) is 30.3 Å². The highest BCUT2D eigenvalue weighted by atomic mass is 35.5. The number of rotatable bonds is 8. The predicted molar refractivity (Wildman–Crippen MR) is 120 cm³/mol. The maximum absolute atomic E-state index is 12.8. The lowest BCUT2D eigenvalue weighted by atomic mass is 9.54. The van der Waals surface area contributed by atoms with Crippen molar-refractivity contribution in [2.45, 2.75) is 71.2 Å². The quantitative estimate of drug-likeness (QED) is 0.584. The molecule has 0 spiro atoms. The Morgan fingerprint density at radius 3 is 2.36 bits per heavy atom. The number of carbonyl (C=O) groups excluding carboxylic acids is 1. The summed E-state index contributed by atoms with van der Waals surface area (Å²) >= 11 is 0. The van der Waals surface area contributed by atoms with E-state index in [4.69, 9.17) is 10.5 Å².